The fourth-order valence-electron chi connectivity index (χ4n) is 3.14. The smallest absolute Gasteiger partial charge is 0.151 e. The molecule has 0 radical (unpaired) electrons. The third-order valence-electron chi connectivity index (χ3n) is 4.30. The number of aliphatic hydroxyl groups is 1. The molecule has 0 saturated carbocycles. The Hall–Kier alpha value is -2.17. The molecule has 4 nitrogen and oxygen atoms in total. The Balaban J connectivity index is 1.77. The number of aliphatic hydroxyl groups excluding tert-OH is 1. The zero-order valence-corrected chi connectivity index (χ0v) is 12.4. The maximum atomic E-state index is 9.87. The number of aliphatic imine (C=N–C) groups is 1. The lowest BCUT2D eigenvalue weighted by Crippen LogP contribution is -2.46. The van der Waals surface area contributed by atoms with Gasteiger partial charge < -0.3 is 5.11 Å². The molecule has 0 unspecified atom stereocenters. The standard InChI is InChI=1S/C18H19N3O/c22-16-10-11-20(13-16)21-12-15-8-4-5-9-17(15)19-18(21)14-6-2-1-3-7-14/h1-9,16,22H,10-13H2/t16-/m1/s1. The highest BCUT2D eigenvalue weighted by molar-refractivity contribution is 6.01. The van der Waals surface area contributed by atoms with E-state index in [-0.39, 0.29) is 6.10 Å². The predicted octanol–water partition coefficient (Wildman–Crippen LogP) is 2.56. The van der Waals surface area contributed by atoms with Crippen molar-refractivity contribution in [1.29, 1.82) is 0 Å². The van der Waals surface area contributed by atoms with Crippen molar-refractivity contribution in [1.82, 2.24) is 10.0 Å². The molecule has 0 amide bonds. The van der Waals surface area contributed by atoms with Gasteiger partial charge in [0.2, 0.25) is 0 Å². The number of para-hydroxylation sites is 1. The maximum absolute atomic E-state index is 9.87. The number of β-amino-alcohol motifs (C(OH)–C–C–N with tert-alkyl or cyclic N) is 1. The zero-order valence-electron chi connectivity index (χ0n) is 12.4. The van der Waals surface area contributed by atoms with Gasteiger partial charge in [-0.1, -0.05) is 48.5 Å². The Kier molecular flexibility index (Phi) is 3.41. The van der Waals surface area contributed by atoms with Crippen LogP contribution in [0.5, 0.6) is 0 Å². The van der Waals surface area contributed by atoms with Gasteiger partial charge in [0.15, 0.2) is 5.84 Å². The molecule has 2 heterocycles. The van der Waals surface area contributed by atoms with E-state index < -0.39 is 0 Å². The van der Waals surface area contributed by atoms with Gasteiger partial charge in [-0.3, -0.25) is 5.01 Å². The van der Waals surface area contributed by atoms with Crippen molar-refractivity contribution < 1.29 is 5.11 Å². The predicted molar refractivity (Wildman–Crippen MR) is 86.8 cm³/mol. The van der Waals surface area contributed by atoms with Gasteiger partial charge in [0, 0.05) is 18.7 Å². The number of rotatable bonds is 2. The van der Waals surface area contributed by atoms with Crippen LogP contribution >= 0.6 is 0 Å². The van der Waals surface area contributed by atoms with Gasteiger partial charge in [0.05, 0.1) is 18.3 Å². The van der Waals surface area contributed by atoms with Crippen LogP contribution in [0.1, 0.15) is 17.5 Å². The summed E-state index contributed by atoms with van der Waals surface area (Å²) in [5.41, 5.74) is 3.37. The van der Waals surface area contributed by atoms with E-state index in [4.69, 9.17) is 4.99 Å². The van der Waals surface area contributed by atoms with Crippen molar-refractivity contribution in [2.45, 2.75) is 19.1 Å². The summed E-state index contributed by atoms with van der Waals surface area (Å²) < 4.78 is 0. The summed E-state index contributed by atoms with van der Waals surface area (Å²) >= 11 is 0. The molecule has 2 aromatic carbocycles. The number of nitrogens with zero attached hydrogens (tertiary/aromatic N) is 3. The second-order valence-corrected chi connectivity index (χ2v) is 5.84. The summed E-state index contributed by atoms with van der Waals surface area (Å²) in [7, 11) is 0. The summed E-state index contributed by atoms with van der Waals surface area (Å²) in [6.45, 7) is 2.35. The quantitative estimate of drug-likeness (QED) is 0.925. The van der Waals surface area contributed by atoms with Crippen LogP contribution in [0.15, 0.2) is 59.6 Å². The molecule has 1 N–H and O–H groups in total. The number of hydrogen-bond donors (Lipinski definition) is 1. The summed E-state index contributed by atoms with van der Waals surface area (Å²) in [5.74, 6) is 0.966. The summed E-state index contributed by atoms with van der Waals surface area (Å²) in [6.07, 6.45) is 0.578. The Morgan fingerprint density at radius 3 is 2.55 bits per heavy atom. The number of fused-ring (bicyclic) bond motifs is 1. The van der Waals surface area contributed by atoms with Crippen molar-refractivity contribution in [3.05, 3.63) is 65.7 Å². The van der Waals surface area contributed by atoms with Gasteiger partial charge in [-0.25, -0.2) is 10.0 Å². The van der Waals surface area contributed by atoms with Gasteiger partial charge in [-0.05, 0) is 18.1 Å². The Bertz CT molecular complexity index is 698. The molecule has 2 aromatic rings. The molecule has 4 heteroatoms. The highest BCUT2D eigenvalue weighted by atomic mass is 16.3. The van der Waals surface area contributed by atoms with Gasteiger partial charge in [0.1, 0.15) is 0 Å². The van der Waals surface area contributed by atoms with Crippen molar-refractivity contribution in [2.24, 2.45) is 4.99 Å². The molecule has 1 fully saturated rings. The lowest BCUT2D eigenvalue weighted by molar-refractivity contribution is 0.0477. The minimum atomic E-state index is -0.241. The molecule has 1 atom stereocenters. The molecule has 0 aromatic heterocycles. The first-order chi connectivity index (χ1) is 10.8. The van der Waals surface area contributed by atoms with Crippen LogP contribution in [-0.4, -0.2) is 40.2 Å². The van der Waals surface area contributed by atoms with E-state index in [1.54, 1.807) is 0 Å². The molecule has 22 heavy (non-hydrogen) atoms. The van der Waals surface area contributed by atoms with E-state index >= 15 is 0 Å². The molecule has 2 aliphatic rings. The third kappa shape index (κ3) is 2.40. The number of hydrazine groups is 1. The van der Waals surface area contributed by atoms with Gasteiger partial charge in [0.25, 0.3) is 0 Å². The topological polar surface area (TPSA) is 39.1 Å². The van der Waals surface area contributed by atoms with Crippen LogP contribution in [0.25, 0.3) is 0 Å². The zero-order chi connectivity index (χ0) is 14.9. The minimum Gasteiger partial charge on any atom is -0.392 e. The summed E-state index contributed by atoms with van der Waals surface area (Å²) in [4.78, 5) is 4.89. The normalized spacial score (nSPS) is 21.6. The molecule has 4 rings (SSSR count). The minimum absolute atomic E-state index is 0.241. The van der Waals surface area contributed by atoms with Gasteiger partial charge in [-0.15, -0.1) is 0 Å². The fraction of sp³-hybridized carbons (Fsp3) is 0.278. The Labute approximate surface area is 130 Å². The van der Waals surface area contributed by atoms with E-state index in [9.17, 15) is 5.11 Å². The molecule has 0 bridgehead atoms. The second-order valence-electron chi connectivity index (χ2n) is 5.84. The molecule has 0 aliphatic carbocycles. The van der Waals surface area contributed by atoms with Crippen LogP contribution in [0, 0.1) is 0 Å². The van der Waals surface area contributed by atoms with Crippen LogP contribution < -0.4 is 0 Å². The monoisotopic (exact) mass is 293 g/mol. The van der Waals surface area contributed by atoms with Gasteiger partial charge in [-0.2, -0.15) is 0 Å². The molecule has 1 saturated heterocycles. The highest BCUT2D eigenvalue weighted by Crippen LogP contribution is 2.30. The molecule has 112 valence electrons. The van der Waals surface area contributed by atoms with E-state index in [0.717, 1.165) is 36.6 Å². The Morgan fingerprint density at radius 1 is 1.00 bits per heavy atom. The SMILES string of the molecule is O[C@@H]1CCN(N2Cc3ccccc3N=C2c2ccccc2)C1. The second kappa shape index (κ2) is 5.55. The lowest BCUT2D eigenvalue weighted by Gasteiger charge is -2.37. The number of benzene rings is 2. The van der Waals surface area contributed by atoms with Crippen molar-refractivity contribution in [3.63, 3.8) is 0 Å². The van der Waals surface area contributed by atoms with Crippen LogP contribution in [0.3, 0.4) is 0 Å². The molecular weight excluding hydrogens is 274 g/mol. The van der Waals surface area contributed by atoms with E-state index in [1.807, 2.05) is 24.3 Å². The van der Waals surface area contributed by atoms with E-state index in [0.29, 0.717) is 6.54 Å². The lowest BCUT2D eigenvalue weighted by atomic mass is 10.1. The van der Waals surface area contributed by atoms with Crippen LogP contribution in [0.4, 0.5) is 5.69 Å². The van der Waals surface area contributed by atoms with Crippen molar-refractivity contribution in [2.75, 3.05) is 13.1 Å². The molecule has 0 spiro atoms. The molecular formula is C18H19N3O. The maximum Gasteiger partial charge on any atom is 0.151 e. The highest BCUT2D eigenvalue weighted by Gasteiger charge is 2.30. The van der Waals surface area contributed by atoms with Crippen molar-refractivity contribution >= 4 is 11.5 Å². The van der Waals surface area contributed by atoms with Crippen LogP contribution in [-0.2, 0) is 6.54 Å². The largest absolute Gasteiger partial charge is 0.392 e. The summed E-state index contributed by atoms with van der Waals surface area (Å²) in [5, 5.41) is 14.3. The number of amidine groups is 1. The first kappa shape index (κ1) is 13.5. The van der Waals surface area contributed by atoms with Crippen LogP contribution in [0.2, 0.25) is 0 Å². The summed E-state index contributed by atoms with van der Waals surface area (Å²) in [6, 6.07) is 18.5. The average Bonchev–Trinajstić information content (AvgIpc) is 3.01. The van der Waals surface area contributed by atoms with Crippen molar-refractivity contribution in [3.8, 4) is 0 Å². The average molecular weight is 293 g/mol. The van der Waals surface area contributed by atoms with Gasteiger partial charge >= 0.3 is 0 Å². The first-order valence-electron chi connectivity index (χ1n) is 7.74. The van der Waals surface area contributed by atoms with E-state index in [1.165, 1.54) is 5.56 Å². The fourth-order valence-corrected chi connectivity index (χ4v) is 3.14. The molecule has 2 aliphatic heterocycles. The Morgan fingerprint density at radius 2 is 1.77 bits per heavy atom. The third-order valence-corrected chi connectivity index (χ3v) is 4.30. The van der Waals surface area contributed by atoms with E-state index in [2.05, 4.69) is 40.3 Å². The first-order valence-corrected chi connectivity index (χ1v) is 7.74. The number of hydrogen-bond acceptors (Lipinski definition) is 4.